The highest BCUT2D eigenvalue weighted by Crippen LogP contribution is 2.34. The number of amides is 1. The summed E-state index contributed by atoms with van der Waals surface area (Å²) < 4.78 is 4.94. The Morgan fingerprint density at radius 2 is 2.17 bits per heavy atom. The van der Waals surface area contributed by atoms with Crippen molar-refractivity contribution < 1.29 is 19.4 Å². The molecule has 0 aliphatic heterocycles. The summed E-state index contributed by atoms with van der Waals surface area (Å²) in [6.07, 6.45) is 3.22. The molecule has 2 N–H and O–H groups in total. The van der Waals surface area contributed by atoms with Crippen molar-refractivity contribution in [3.05, 3.63) is 0 Å². The van der Waals surface area contributed by atoms with E-state index in [1.165, 1.54) is 0 Å². The van der Waals surface area contributed by atoms with Crippen LogP contribution in [0.5, 0.6) is 0 Å². The van der Waals surface area contributed by atoms with E-state index >= 15 is 0 Å². The van der Waals surface area contributed by atoms with Gasteiger partial charge in [-0.3, -0.25) is 9.59 Å². The van der Waals surface area contributed by atoms with E-state index in [1.807, 2.05) is 6.92 Å². The van der Waals surface area contributed by atoms with Crippen LogP contribution in [-0.4, -0.2) is 36.2 Å². The molecule has 1 amide bonds. The summed E-state index contributed by atoms with van der Waals surface area (Å²) in [5.74, 6) is -1.71. The van der Waals surface area contributed by atoms with Gasteiger partial charge in [-0.2, -0.15) is 0 Å². The minimum absolute atomic E-state index is 0.132. The highest BCUT2D eigenvalue weighted by atomic mass is 16.5. The maximum absolute atomic E-state index is 12.0. The summed E-state index contributed by atoms with van der Waals surface area (Å²) in [5.41, 5.74) is -0.636. The molecule has 0 aromatic carbocycles. The van der Waals surface area contributed by atoms with E-state index in [-0.39, 0.29) is 11.8 Å². The molecular formula is C13H23NO4. The minimum Gasteiger partial charge on any atom is -0.481 e. The zero-order valence-electron chi connectivity index (χ0n) is 11.4. The molecule has 1 fully saturated rings. The van der Waals surface area contributed by atoms with Crippen LogP contribution < -0.4 is 5.32 Å². The fourth-order valence-corrected chi connectivity index (χ4v) is 2.61. The Hall–Kier alpha value is -1.10. The molecule has 0 heterocycles. The average Bonchev–Trinajstić information content (AvgIpc) is 2.28. The quantitative estimate of drug-likeness (QED) is 0.781. The lowest BCUT2D eigenvalue weighted by atomic mass is 9.73. The van der Waals surface area contributed by atoms with Crippen molar-refractivity contribution in [1.29, 1.82) is 0 Å². The number of ether oxygens (including phenoxy) is 1. The number of rotatable bonds is 5. The van der Waals surface area contributed by atoms with Gasteiger partial charge in [0, 0.05) is 7.11 Å². The predicted molar refractivity (Wildman–Crippen MR) is 67.2 cm³/mol. The van der Waals surface area contributed by atoms with Gasteiger partial charge in [-0.25, -0.2) is 0 Å². The third-order valence-electron chi connectivity index (χ3n) is 3.78. The molecular weight excluding hydrogens is 234 g/mol. The zero-order valence-corrected chi connectivity index (χ0v) is 11.4. The van der Waals surface area contributed by atoms with Gasteiger partial charge in [0.15, 0.2) is 0 Å². The van der Waals surface area contributed by atoms with E-state index in [0.29, 0.717) is 13.0 Å². The van der Waals surface area contributed by atoms with E-state index in [2.05, 4.69) is 5.32 Å². The highest BCUT2D eigenvalue weighted by molar-refractivity contribution is 5.81. The fourth-order valence-electron chi connectivity index (χ4n) is 2.61. The van der Waals surface area contributed by atoms with Crippen molar-refractivity contribution in [3.8, 4) is 0 Å². The van der Waals surface area contributed by atoms with Crippen LogP contribution in [0.4, 0.5) is 0 Å². The number of carboxylic acids is 1. The molecule has 1 aliphatic rings. The summed E-state index contributed by atoms with van der Waals surface area (Å²) >= 11 is 0. The van der Waals surface area contributed by atoms with E-state index in [9.17, 15) is 14.7 Å². The van der Waals surface area contributed by atoms with Gasteiger partial charge in [0.05, 0.1) is 24.0 Å². The van der Waals surface area contributed by atoms with Crippen LogP contribution >= 0.6 is 0 Å². The van der Waals surface area contributed by atoms with Crippen molar-refractivity contribution >= 4 is 11.9 Å². The van der Waals surface area contributed by atoms with Crippen LogP contribution in [0.3, 0.4) is 0 Å². The molecule has 0 aromatic heterocycles. The normalized spacial score (nSPS) is 29.6. The molecule has 0 radical (unpaired) electrons. The largest absolute Gasteiger partial charge is 0.481 e. The Labute approximate surface area is 108 Å². The van der Waals surface area contributed by atoms with Crippen molar-refractivity contribution in [1.82, 2.24) is 5.32 Å². The Morgan fingerprint density at radius 1 is 1.50 bits per heavy atom. The number of nitrogens with one attached hydrogen (secondary N) is 1. The summed E-state index contributed by atoms with van der Waals surface area (Å²) in [7, 11) is 1.55. The molecule has 104 valence electrons. The molecule has 3 atom stereocenters. The van der Waals surface area contributed by atoms with E-state index in [0.717, 1.165) is 19.3 Å². The second-order valence-electron chi connectivity index (χ2n) is 5.40. The summed E-state index contributed by atoms with van der Waals surface area (Å²) in [4.78, 5) is 23.3. The van der Waals surface area contributed by atoms with E-state index in [1.54, 1.807) is 14.0 Å². The van der Waals surface area contributed by atoms with Gasteiger partial charge in [-0.05, 0) is 19.8 Å². The minimum atomic E-state index is -0.822. The second-order valence-corrected chi connectivity index (χ2v) is 5.40. The smallest absolute Gasteiger partial charge is 0.308 e. The number of aliphatic carboxylic acids is 1. The van der Waals surface area contributed by atoms with Gasteiger partial charge in [0.25, 0.3) is 0 Å². The van der Waals surface area contributed by atoms with Crippen molar-refractivity contribution in [2.75, 3.05) is 13.7 Å². The number of carbonyl (C=O) groups excluding carboxylic acids is 1. The number of methoxy groups -OCH3 is 1. The lowest BCUT2D eigenvalue weighted by molar-refractivity contribution is -0.147. The molecule has 0 saturated heterocycles. The van der Waals surface area contributed by atoms with Gasteiger partial charge in [0.2, 0.25) is 5.91 Å². The molecule has 5 heteroatoms. The first-order valence-corrected chi connectivity index (χ1v) is 6.44. The fraction of sp³-hybridized carbons (Fsp3) is 0.846. The average molecular weight is 257 g/mol. The van der Waals surface area contributed by atoms with Crippen LogP contribution in [0.25, 0.3) is 0 Å². The molecule has 3 unspecified atom stereocenters. The third-order valence-corrected chi connectivity index (χ3v) is 3.78. The summed E-state index contributed by atoms with van der Waals surface area (Å²) in [6, 6.07) is 0. The van der Waals surface area contributed by atoms with Gasteiger partial charge in [-0.15, -0.1) is 0 Å². The SMILES string of the molecule is COCC(C)C(=O)NC1(C)CCCCC1C(=O)O. The Balaban J connectivity index is 2.71. The van der Waals surface area contributed by atoms with E-state index in [4.69, 9.17) is 4.74 Å². The third kappa shape index (κ3) is 3.45. The monoisotopic (exact) mass is 257 g/mol. The molecule has 18 heavy (non-hydrogen) atoms. The topological polar surface area (TPSA) is 75.6 Å². The first-order chi connectivity index (χ1) is 8.40. The molecule has 5 nitrogen and oxygen atoms in total. The summed E-state index contributed by atoms with van der Waals surface area (Å²) in [5, 5.41) is 12.2. The second kappa shape index (κ2) is 6.18. The van der Waals surface area contributed by atoms with Crippen LogP contribution in [-0.2, 0) is 14.3 Å². The van der Waals surface area contributed by atoms with E-state index < -0.39 is 17.4 Å². The van der Waals surface area contributed by atoms with Gasteiger partial charge < -0.3 is 15.2 Å². The Morgan fingerprint density at radius 3 is 2.72 bits per heavy atom. The predicted octanol–water partition coefficient (Wildman–Crippen LogP) is 1.42. The molecule has 0 bridgehead atoms. The summed E-state index contributed by atoms with van der Waals surface area (Å²) in [6.45, 7) is 3.96. The van der Waals surface area contributed by atoms with Gasteiger partial charge in [-0.1, -0.05) is 19.8 Å². The van der Waals surface area contributed by atoms with Crippen molar-refractivity contribution in [2.24, 2.45) is 11.8 Å². The maximum Gasteiger partial charge on any atom is 0.308 e. The van der Waals surface area contributed by atoms with Crippen molar-refractivity contribution in [3.63, 3.8) is 0 Å². The van der Waals surface area contributed by atoms with Crippen LogP contribution in [0.2, 0.25) is 0 Å². The molecule has 1 saturated carbocycles. The number of hydrogen-bond acceptors (Lipinski definition) is 3. The Kier molecular flexibility index (Phi) is 5.14. The first kappa shape index (κ1) is 15.0. The lowest BCUT2D eigenvalue weighted by Gasteiger charge is -2.40. The van der Waals surface area contributed by atoms with Crippen LogP contribution in [0, 0.1) is 11.8 Å². The van der Waals surface area contributed by atoms with Crippen molar-refractivity contribution in [2.45, 2.75) is 45.1 Å². The van der Waals surface area contributed by atoms with Crippen LogP contribution in [0.1, 0.15) is 39.5 Å². The standard InChI is InChI=1S/C13H23NO4/c1-9(8-18-3)11(15)14-13(2)7-5-4-6-10(13)12(16)17/h9-10H,4-8H2,1-3H3,(H,14,15)(H,16,17). The number of carboxylic acid groups (broad SMARTS) is 1. The maximum atomic E-state index is 12.0. The Bertz CT molecular complexity index is 318. The highest BCUT2D eigenvalue weighted by Gasteiger charge is 2.42. The number of carbonyl (C=O) groups is 2. The zero-order chi connectivity index (χ0) is 13.8. The van der Waals surface area contributed by atoms with Gasteiger partial charge >= 0.3 is 5.97 Å². The molecule has 1 rings (SSSR count). The number of hydrogen-bond donors (Lipinski definition) is 2. The molecule has 0 spiro atoms. The van der Waals surface area contributed by atoms with Crippen LogP contribution in [0.15, 0.2) is 0 Å². The lowest BCUT2D eigenvalue weighted by Crippen LogP contribution is -2.56. The van der Waals surface area contributed by atoms with Gasteiger partial charge in [0.1, 0.15) is 0 Å². The molecule has 0 aromatic rings. The first-order valence-electron chi connectivity index (χ1n) is 6.44. The molecule has 1 aliphatic carbocycles.